The van der Waals surface area contributed by atoms with Crippen LogP contribution < -0.4 is 0 Å². The van der Waals surface area contributed by atoms with Gasteiger partial charge in [-0.1, -0.05) is 161 Å². The Morgan fingerprint density at radius 3 is 1.23 bits per heavy atom. The van der Waals surface area contributed by atoms with Gasteiger partial charge in [0.1, 0.15) is 97.9 Å². The molecule has 1 fully saturated rings. The van der Waals surface area contributed by atoms with E-state index in [1.54, 1.807) is 159 Å². The average molecular weight is 1960 g/mol. The fourth-order valence-corrected chi connectivity index (χ4v) is 15.8. The van der Waals surface area contributed by atoms with Crippen LogP contribution in [-0.4, -0.2) is 180 Å². The second-order valence-electron chi connectivity index (χ2n) is 32.3. The van der Waals surface area contributed by atoms with Crippen molar-refractivity contribution in [3.63, 3.8) is 0 Å². The minimum atomic E-state index is -0.692. The number of likely N-dealkylation sites (tertiary alicyclic amines) is 1. The molecule has 45 heteroatoms. The molecule has 0 spiro atoms. The first kappa shape index (κ1) is 93.8. The van der Waals surface area contributed by atoms with Crippen molar-refractivity contribution in [3.05, 3.63) is 354 Å². The largest absolute Gasteiger partial charge is 0.461 e. The number of para-hydroxylation sites is 5. The third-order valence-electron chi connectivity index (χ3n) is 22.6. The molecule has 0 radical (unpaired) electrons. The molecule has 36 nitrogen and oxygen atoms in total. The van der Waals surface area contributed by atoms with Crippen LogP contribution in [0.4, 0.5) is 39.5 Å². The number of hydrogen-bond donors (Lipinski definition) is 0. The van der Waals surface area contributed by atoms with Crippen molar-refractivity contribution in [1.29, 1.82) is 0 Å². The Balaban J connectivity index is 0.000000110. The number of pyridine rings is 2. The first-order valence-corrected chi connectivity index (χ1v) is 44.4. The zero-order valence-corrected chi connectivity index (χ0v) is 76.1. The van der Waals surface area contributed by atoms with Crippen molar-refractivity contribution in [2.75, 3.05) is 34.3 Å². The van der Waals surface area contributed by atoms with E-state index >= 15 is 0 Å². The zero-order valence-electron chi connectivity index (χ0n) is 76.1. The van der Waals surface area contributed by atoms with Crippen LogP contribution in [0.5, 0.6) is 0 Å². The first-order valence-electron chi connectivity index (χ1n) is 44.4. The summed E-state index contributed by atoms with van der Waals surface area (Å²) < 4.78 is 171. The molecule has 0 saturated carbocycles. The number of halogens is 9. The molecular weight excluding hydrogens is 1890 g/mol. The number of methoxy groups -OCH3 is 1. The number of benzene rings is 8. The normalized spacial score (nSPS) is 12.5. The number of fused-ring (bicyclic) bond motifs is 1. The van der Waals surface area contributed by atoms with Crippen molar-refractivity contribution >= 4 is 11.6 Å². The summed E-state index contributed by atoms with van der Waals surface area (Å²) in [6.45, 7) is 2.72. The molecule has 1 aliphatic heterocycles. The molecule has 0 amide bonds. The van der Waals surface area contributed by atoms with Gasteiger partial charge in [-0.05, 0) is 197 Å². The smallest absolute Gasteiger partial charge is 0.281 e. The third-order valence-corrected chi connectivity index (χ3v) is 22.6. The molecule has 145 heavy (non-hydrogen) atoms. The average Bonchev–Trinajstić information content (AvgIpc) is 1.65. The zero-order chi connectivity index (χ0) is 99.6. The molecule has 3 aliphatic rings. The highest BCUT2D eigenvalue weighted by Gasteiger charge is 2.33. The molecule has 0 atom stereocenters. The Bertz CT molecular complexity index is 8290. The van der Waals surface area contributed by atoms with E-state index in [-0.39, 0.29) is 104 Å². The SMILES string of the molecule is CN(C)Cc1c(-c2nc(-c3cc(F)ccc3F)no2)nnn1-c1ccccc1F.COCc1c(-c2nc(-c3cccc4c3C=CC4)no2)nnn1-c1ccccc1F.Fc1ccc(F)c(-c2noc(-c3nnn(-c4ccccc4F)c3CN3CCCC3)n2)c1.Fc1ccccc1-n1nnc(-c2nc(-c3ccco3)no2)c1-c1ccncc1.Fc1ccccc1-n1nnc(-c2nc(C3=CCC=C3)no2)c1-c1ccncc1. The summed E-state index contributed by atoms with van der Waals surface area (Å²) in [6.07, 6.45) is 22.1. The van der Waals surface area contributed by atoms with Crippen molar-refractivity contribution in [2.24, 2.45) is 0 Å². The Kier molecular flexibility index (Phi) is 27.2. The summed E-state index contributed by atoms with van der Waals surface area (Å²) in [7, 11) is 5.19. The quantitative estimate of drug-likeness (QED) is 0.0537. The lowest BCUT2D eigenvalue weighted by Crippen LogP contribution is -2.21. The fraction of sp³-hybridized carbons (Fsp3) is 0.120. The lowest BCUT2D eigenvalue weighted by molar-refractivity contribution is 0.179. The number of hydrogen-bond acceptors (Lipinski definition) is 31. The van der Waals surface area contributed by atoms with Gasteiger partial charge in [0, 0.05) is 67.3 Å². The van der Waals surface area contributed by atoms with Crippen molar-refractivity contribution in [1.82, 2.24) is 145 Å². The topological polar surface area (TPSA) is 403 Å². The summed E-state index contributed by atoms with van der Waals surface area (Å²) in [5.41, 5.74) is 10.7. The number of allylic oxidation sites excluding steroid dienone is 5. The van der Waals surface area contributed by atoms with Gasteiger partial charge in [-0.2, -0.15) is 24.9 Å². The summed E-state index contributed by atoms with van der Waals surface area (Å²) in [5, 5.41) is 60.9. The van der Waals surface area contributed by atoms with E-state index < -0.39 is 52.4 Å². The molecule has 8 aromatic carbocycles. The summed E-state index contributed by atoms with van der Waals surface area (Å²) in [6, 6.07) is 53.8. The molecule has 0 unspecified atom stereocenters. The lowest BCUT2D eigenvalue weighted by Gasteiger charge is -2.16. The number of furan rings is 1. The molecule has 0 bridgehead atoms. The summed E-state index contributed by atoms with van der Waals surface area (Å²) in [4.78, 5) is 33.8. The third kappa shape index (κ3) is 20.0. The van der Waals surface area contributed by atoms with Gasteiger partial charge in [-0.3, -0.25) is 14.9 Å². The molecule has 21 aromatic rings. The Morgan fingerprint density at radius 2 is 0.779 bits per heavy atom. The highest BCUT2D eigenvalue weighted by molar-refractivity contribution is 5.80. The molecule has 0 N–H and O–H groups in total. The van der Waals surface area contributed by atoms with Gasteiger partial charge >= 0.3 is 0 Å². The van der Waals surface area contributed by atoms with Crippen molar-refractivity contribution in [3.8, 4) is 155 Å². The van der Waals surface area contributed by atoms with Gasteiger partial charge in [-0.25, -0.2) is 62.9 Å². The van der Waals surface area contributed by atoms with E-state index in [0.29, 0.717) is 76.0 Å². The Morgan fingerprint density at radius 1 is 0.372 bits per heavy atom. The van der Waals surface area contributed by atoms with Crippen LogP contribution >= 0.6 is 0 Å². The Hall–Kier alpha value is -18.8. The maximum Gasteiger partial charge on any atom is 0.281 e. The molecule has 722 valence electrons. The van der Waals surface area contributed by atoms with Gasteiger partial charge < -0.3 is 36.7 Å². The van der Waals surface area contributed by atoms with Crippen LogP contribution in [0.25, 0.3) is 166 Å². The predicted molar refractivity (Wildman–Crippen MR) is 500 cm³/mol. The second kappa shape index (κ2) is 42.1. The lowest BCUT2D eigenvalue weighted by atomic mass is 10.0. The summed E-state index contributed by atoms with van der Waals surface area (Å²) in [5.74, 6) is -2.87. The van der Waals surface area contributed by atoms with Crippen LogP contribution in [0.2, 0.25) is 0 Å². The minimum Gasteiger partial charge on any atom is -0.461 e. The highest BCUT2D eigenvalue weighted by Crippen LogP contribution is 2.40. The van der Waals surface area contributed by atoms with Crippen LogP contribution in [0.3, 0.4) is 0 Å². The van der Waals surface area contributed by atoms with Crippen molar-refractivity contribution < 1.29 is 71.3 Å². The van der Waals surface area contributed by atoms with Gasteiger partial charge in [0.15, 0.2) is 34.2 Å². The van der Waals surface area contributed by atoms with Crippen LogP contribution in [0.1, 0.15) is 53.3 Å². The number of nitrogens with zero attached hydrogens (tertiary/aromatic N) is 29. The van der Waals surface area contributed by atoms with E-state index in [9.17, 15) is 39.5 Å². The van der Waals surface area contributed by atoms with Crippen molar-refractivity contribution in [2.45, 2.75) is 45.4 Å². The van der Waals surface area contributed by atoms with Gasteiger partial charge in [0.2, 0.25) is 29.1 Å². The number of aromatic nitrogens is 27. The number of rotatable bonds is 23. The molecule has 14 heterocycles. The van der Waals surface area contributed by atoms with Crippen LogP contribution in [0, 0.1) is 52.4 Å². The second-order valence-corrected chi connectivity index (χ2v) is 32.3. The maximum absolute atomic E-state index is 14.5. The Labute approximate surface area is 812 Å². The fourth-order valence-electron chi connectivity index (χ4n) is 15.8. The van der Waals surface area contributed by atoms with E-state index in [1.165, 1.54) is 65.6 Å². The first-order chi connectivity index (χ1) is 70.9. The van der Waals surface area contributed by atoms with Gasteiger partial charge in [-0.15, -0.1) is 25.5 Å². The van der Waals surface area contributed by atoms with E-state index in [4.69, 9.17) is 31.8 Å². The highest BCUT2D eigenvalue weighted by atomic mass is 19.2. The predicted octanol–water partition coefficient (Wildman–Crippen LogP) is 18.9. The molecule has 13 aromatic heterocycles. The molecular formula is C100H72F9N29O7. The molecule has 1 saturated heterocycles. The van der Waals surface area contributed by atoms with Gasteiger partial charge in [0.25, 0.3) is 29.5 Å². The van der Waals surface area contributed by atoms with Crippen LogP contribution in [0.15, 0.2) is 295 Å². The molecule has 24 rings (SSSR count). The van der Waals surface area contributed by atoms with E-state index in [1.807, 2.05) is 49.4 Å². The van der Waals surface area contributed by atoms with Gasteiger partial charge in [0.05, 0.1) is 35.4 Å². The summed E-state index contributed by atoms with van der Waals surface area (Å²) >= 11 is 0. The van der Waals surface area contributed by atoms with Crippen LogP contribution in [-0.2, 0) is 30.9 Å². The molecule has 2 aliphatic carbocycles. The monoisotopic (exact) mass is 1960 g/mol. The standard InChI is InChI=1S/C21H17F3N6O.C21H16FN5O2.C20H13FN6O.C19H15F3N6O.C19H11FN6O2/c22-13-7-8-15(23)14(11-13)20-25-21(31-27-20)19-18(12-29-9-3-4-10-29)30(28-26-19)17-6-2-1-5-16(17)24;1-28-12-18-19(24-26-27(18)17-11-3-2-10-16(17)22)21-23-20(25-29-21)15-9-5-7-13-6-4-8-14(13)15;21-15-7-3-4-8-16(15)27-18(13-9-11-22-12-10-13)17(24-26-27)20-23-19(25-28-20)14-5-1-2-6-14;1-27(2)10-16-17(24-26-28(16)15-6-4-3-5-14(15)22)19-23-18(25-29-19)12-9-11(20)7-8-13(12)21;20-13-4-1-2-5-14(13)26-17(12-7-9-21-10-8-12)16(23-25-26)19-22-18(24-28-19)15-6-3-11-27-15/h1-2,5-8,11H,3-4,9-10,12H2;2-5,7-11H,6,12H2,1H3;1,3-12H,2H2;3-9H,10H2,1-2H3;1-11H. The van der Waals surface area contributed by atoms with E-state index in [0.717, 1.165) is 103 Å². The van der Waals surface area contributed by atoms with E-state index in [2.05, 4.69) is 135 Å². The maximum atomic E-state index is 14.5. The minimum absolute atomic E-state index is 0.00422. The number of ether oxygens (including phenoxy) is 1.